The number of aromatic amines is 1. The van der Waals surface area contributed by atoms with Crippen LogP contribution in [0.25, 0.3) is 0 Å². The van der Waals surface area contributed by atoms with Crippen molar-refractivity contribution < 1.29 is 4.79 Å². The zero-order valence-corrected chi connectivity index (χ0v) is 19.0. The molecule has 0 bridgehead atoms. The summed E-state index contributed by atoms with van der Waals surface area (Å²) >= 11 is 0. The van der Waals surface area contributed by atoms with Crippen molar-refractivity contribution in [3.63, 3.8) is 0 Å². The smallest absolute Gasteiger partial charge is 0.270 e. The number of carbonyl (C=O) groups excluding carboxylic acids is 1. The Bertz CT molecular complexity index is 884. The summed E-state index contributed by atoms with van der Waals surface area (Å²) in [7, 11) is 0. The van der Waals surface area contributed by atoms with E-state index in [0.717, 1.165) is 56.7 Å². The predicted molar refractivity (Wildman–Crippen MR) is 125 cm³/mol. The van der Waals surface area contributed by atoms with Crippen molar-refractivity contribution in [3.05, 3.63) is 46.6 Å². The topological polar surface area (TPSA) is 39.3 Å². The summed E-state index contributed by atoms with van der Waals surface area (Å²) in [4.78, 5) is 21.2. The third-order valence-corrected chi connectivity index (χ3v) is 6.95. The molecule has 1 N–H and O–H groups in total. The van der Waals surface area contributed by atoms with E-state index in [0.29, 0.717) is 6.04 Å². The molecule has 2 aliphatic rings. The van der Waals surface area contributed by atoms with Crippen LogP contribution in [-0.2, 0) is 19.3 Å². The summed E-state index contributed by atoms with van der Waals surface area (Å²) in [6.07, 6.45) is 10.3. The van der Waals surface area contributed by atoms with Gasteiger partial charge in [0.15, 0.2) is 0 Å². The van der Waals surface area contributed by atoms with Crippen molar-refractivity contribution in [1.82, 2.24) is 9.88 Å². The number of unbranched alkanes of at least 4 members (excludes halogenated alkanes) is 1. The molecule has 162 valence electrons. The lowest BCUT2D eigenvalue weighted by atomic mass is 9.98. The third-order valence-electron chi connectivity index (χ3n) is 6.95. The van der Waals surface area contributed by atoms with E-state index >= 15 is 0 Å². The minimum atomic E-state index is 0.167. The second-order valence-electron chi connectivity index (χ2n) is 9.07. The molecule has 3 heterocycles. The molecule has 0 radical (unpaired) electrons. The summed E-state index contributed by atoms with van der Waals surface area (Å²) in [5, 5.41) is 0. The van der Waals surface area contributed by atoms with Gasteiger partial charge in [0.05, 0.1) is 0 Å². The van der Waals surface area contributed by atoms with Crippen LogP contribution in [-0.4, -0.2) is 34.9 Å². The maximum absolute atomic E-state index is 13.2. The summed E-state index contributed by atoms with van der Waals surface area (Å²) < 4.78 is 0. The minimum absolute atomic E-state index is 0.167. The number of likely N-dealkylation sites (tertiary alicyclic amines) is 1. The van der Waals surface area contributed by atoms with E-state index in [1.807, 2.05) is 0 Å². The molecule has 2 aromatic rings. The Morgan fingerprint density at radius 1 is 1.10 bits per heavy atom. The van der Waals surface area contributed by atoms with Gasteiger partial charge in [-0.2, -0.15) is 0 Å². The van der Waals surface area contributed by atoms with Gasteiger partial charge in [0.1, 0.15) is 11.5 Å². The molecule has 2 aliphatic heterocycles. The fourth-order valence-electron chi connectivity index (χ4n) is 5.11. The van der Waals surface area contributed by atoms with Crippen molar-refractivity contribution in [3.8, 4) is 0 Å². The molecule has 0 saturated carbocycles. The zero-order valence-electron chi connectivity index (χ0n) is 19.0. The lowest BCUT2D eigenvalue weighted by Crippen LogP contribution is -2.42. The van der Waals surface area contributed by atoms with Crippen LogP contribution in [0.1, 0.15) is 86.5 Å². The Labute approximate surface area is 181 Å². The number of nitrogens with one attached hydrogen (secondary N) is 1. The van der Waals surface area contributed by atoms with Crippen LogP contribution in [0.5, 0.6) is 0 Å². The lowest BCUT2D eigenvalue weighted by Gasteiger charge is -2.33. The second-order valence-corrected chi connectivity index (χ2v) is 9.07. The number of nitrogens with zero attached hydrogens (tertiary/aromatic N) is 2. The molecular weight excluding hydrogens is 370 g/mol. The quantitative estimate of drug-likeness (QED) is 0.636. The van der Waals surface area contributed by atoms with Gasteiger partial charge in [-0.25, -0.2) is 0 Å². The van der Waals surface area contributed by atoms with Crippen molar-refractivity contribution in [1.29, 1.82) is 0 Å². The molecule has 0 spiro atoms. The third kappa shape index (κ3) is 4.14. The van der Waals surface area contributed by atoms with Crippen LogP contribution in [0, 0.1) is 0 Å². The monoisotopic (exact) mass is 407 g/mol. The minimum Gasteiger partial charge on any atom is -0.337 e. The van der Waals surface area contributed by atoms with E-state index in [4.69, 9.17) is 0 Å². The Kier molecular flexibility index (Phi) is 6.50. The number of hydrogen-bond donors (Lipinski definition) is 1. The van der Waals surface area contributed by atoms with Crippen molar-refractivity contribution in [2.24, 2.45) is 0 Å². The van der Waals surface area contributed by atoms with E-state index in [2.05, 4.69) is 59.8 Å². The molecule has 1 atom stereocenters. The first kappa shape index (κ1) is 21.0. The van der Waals surface area contributed by atoms with Crippen LogP contribution in [0.2, 0.25) is 0 Å². The van der Waals surface area contributed by atoms with Gasteiger partial charge in [0.25, 0.3) is 5.91 Å². The van der Waals surface area contributed by atoms with Gasteiger partial charge < -0.3 is 14.8 Å². The zero-order chi connectivity index (χ0) is 21.1. The van der Waals surface area contributed by atoms with E-state index in [1.54, 1.807) is 0 Å². The van der Waals surface area contributed by atoms with E-state index in [1.165, 1.54) is 48.1 Å². The standard InChI is InChI=1S/C26H37N3O/c1-4-6-11-21-13-14-23(17-20(21)5-2)29-16-9-12-22-18-24(27-25(22)29)26(30)28-15-8-7-10-19(28)3/h13-14,17-19,27H,4-12,15-16H2,1-3H3/t19-/m1/s1. The molecule has 1 aromatic carbocycles. The average Bonchev–Trinajstić information content (AvgIpc) is 3.22. The SMILES string of the molecule is CCCCc1ccc(N2CCCc3cc(C(=O)N4CCCC[C@H]4C)[nH]c32)cc1CC. The Morgan fingerprint density at radius 3 is 2.73 bits per heavy atom. The second kappa shape index (κ2) is 9.28. The number of piperidine rings is 1. The fourth-order valence-corrected chi connectivity index (χ4v) is 5.11. The maximum Gasteiger partial charge on any atom is 0.270 e. The Balaban J connectivity index is 1.60. The summed E-state index contributed by atoms with van der Waals surface area (Å²) in [6.45, 7) is 8.56. The first-order chi connectivity index (χ1) is 14.6. The van der Waals surface area contributed by atoms with Crippen molar-refractivity contribution >= 4 is 17.4 Å². The molecule has 1 amide bonds. The highest BCUT2D eigenvalue weighted by Crippen LogP contribution is 2.35. The maximum atomic E-state index is 13.2. The first-order valence-electron chi connectivity index (χ1n) is 12.0. The molecular formula is C26H37N3O. The molecule has 1 saturated heterocycles. The Hall–Kier alpha value is -2.23. The number of carbonyl (C=O) groups is 1. The van der Waals surface area contributed by atoms with Gasteiger partial charge in [-0.1, -0.05) is 26.3 Å². The molecule has 4 heteroatoms. The molecule has 4 nitrogen and oxygen atoms in total. The number of aromatic nitrogens is 1. The first-order valence-corrected chi connectivity index (χ1v) is 12.0. The van der Waals surface area contributed by atoms with E-state index in [-0.39, 0.29) is 5.91 Å². The number of hydrogen-bond acceptors (Lipinski definition) is 2. The van der Waals surface area contributed by atoms with Gasteiger partial charge >= 0.3 is 0 Å². The molecule has 4 rings (SSSR count). The van der Waals surface area contributed by atoms with Gasteiger partial charge in [0, 0.05) is 24.8 Å². The number of H-pyrrole nitrogens is 1. The Morgan fingerprint density at radius 2 is 1.97 bits per heavy atom. The summed E-state index contributed by atoms with van der Waals surface area (Å²) in [5.41, 5.74) is 6.23. The number of benzene rings is 1. The number of aryl methyl sites for hydroxylation is 3. The molecule has 0 unspecified atom stereocenters. The van der Waals surface area contributed by atoms with E-state index in [9.17, 15) is 4.79 Å². The number of fused-ring (bicyclic) bond motifs is 1. The fraction of sp³-hybridized carbons (Fsp3) is 0.577. The van der Waals surface area contributed by atoms with Gasteiger partial charge in [0.2, 0.25) is 0 Å². The van der Waals surface area contributed by atoms with Crippen LogP contribution in [0.3, 0.4) is 0 Å². The number of amides is 1. The van der Waals surface area contributed by atoms with Crippen molar-refractivity contribution in [2.45, 2.75) is 84.6 Å². The highest BCUT2D eigenvalue weighted by Gasteiger charge is 2.28. The van der Waals surface area contributed by atoms with Crippen LogP contribution < -0.4 is 4.90 Å². The van der Waals surface area contributed by atoms with Gasteiger partial charge in [-0.15, -0.1) is 0 Å². The largest absolute Gasteiger partial charge is 0.337 e. The van der Waals surface area contributed by atoms with Gasteiger partial charge in [-0.05, 0) is 93.2 Å². The summed E-state index contributed by atoms with van der Waals surface area (Å²) in [6, 6.07) is 9.42. The molecule has 0 aliphatic carbocycles. The summed E-state index contributed by atoms with van der Waals surface area (Å²) in [5.74, 6) is 1.29. The molecule has 1 fully saturated rings. The predicted octanol–water partition coefficient (Wildman–Crippen LogP) is 6.02. The highest BCUT2D eigenvalue weighted by atomic mass is 16.2. The van der Waals surface area contributed by atoms with Gasteiger partial charge in [-0.3, -0.25) is 4.79 Å². The molecule has 1 aromatic heterocycles. The van der Waals surface area contributed by atoms with Crippen LogP contribution in [0.15, 0.2) is 24.3 Å². The molecule has 30 heavy (non-hydrogen) atoms. The average molecular weight is 408 g/mol. The number of rotatable bonds is 6. The normalized spacial score (nSPS) is 19.1. The van der Waals surface area contributed by atoms with E-state index < -0.39 is 0 Å². The number of anilines is 2. The van der Waals surface area contributed by atoms with Crippen LogP contribution in [0.4, 0.5) is 11.5 Å². The van der Waals surface area contributed by atoms with Crippen LogP contribution >= 0.6 is 0 Å². The lowest BCUT2D eigenvalue weighted by molar-refractivity contribution is 0.0630. The van der Waals surface area contributed by atoms with Crippen molar-refractivity contribution in [2.75, 3.05) is 18.0 Å². The highest BCUT2D eigenvalue weighted by molar-refractivity contribution is 5.94.